The van der Waals surface area contributed by atoms with Crippen molar-refractivity contribution in [1.29, 1.82) is 0 Å². The third-order valence-corrected chi connectivity index (χ3v) is 5.17. The number of amides is 1. The van der Waals surface area contributed by atoms with Gasteiger partial charge >= 0.3 is 0 Å². The van der Waals surface area contributed by atoms with E-state index in [4.69, 9.17) is 4.74 Å². The molecule has 0 unspecified atom stereocenters. The van der Waals surface area contributed by atoms with Crippen molar-refractivity contribution in [2.24, 2.45) is 0 Å². The summed E-state index contributed by atoms with van der Waals surface area (Å²) in [5.41, 5.74) is 4.90. The molecule has 1 aliphatic rings. The van der Waals surface area contributed by atoms with Gasteiger partial charge < -0.3 is 9.64 Å². The molecule has 0 aromatic carbocycles. The van der Waals surface area contributed by atoms with Crippen LogP contribution in [0.3, 0.4) is 0 Å². The molecule has 1 atom stereocenters. The highest BCUT2D eigenvalue weighted by atomic mass is 32.1. The number of aryl methyl sites for hydroxylation is 1. The van der Waals surface area contributed by atoms with Crippen LogP contribution in [-0.4, -0.2) is 50.4 Å². The number of nitrogens with zero attached hydrogens (tertiary/aromatic N) is 5. The van der Waals surface area contributed by atoms with E-state index in [-0.39, 0.29) is 12.0 Å². The number of ether oxygens (including phenoxy) is 1. The van der Waals surface area contributed by atoms with Crippen LogP contribution < -0.4 is 0 Å². The summed E-state index contributed by atoms with van der Waals surface area (Å²) < 4.78 is 5.88. The lowest BCUT2D eigenvalue weighted by molar-refractivity contribution is -0.0245. The second-order valence-electron chi connectivity index (χ2n) is 5.95. The Hall–Kier alpha value is -2.71. The highest BCUT2D eigenvalue weighted by Crippen LogP contribution is 2.25. The van der Waals surface area contributed by atoms with Crippen molar-refractivity contribution in [3.63, 3.8) is 0 Å². The zero-order valence-electron chi connectivity index (χ0n) is 14.2. The summed E-state index contributed by atoms with van der Waals surface area (Å²) in [6.45, 7) is 3.38. The van der Waals surface area contributed by atoms with Gasteiger partial charge in [0, 0.05) is 24.5 Å². The number of thiazole rings is 1. The largest absolute Gasteiger partial charge is 0.368 e. The highest BCUT2D eigenvalue weighted by molar-refractivity contribution is 7.11. The maximum Gasteiger partial charge on any atom is 0.266 e. The first-order valence-electron chi connectivity index (χ1n) is 8.25. The number of carbonyl (C=O) groups is 1. The van der Waals surface area contributed by atoms with Crippen molar-refractivity contribution in [3.8, 4) is 11.3 Å². The molecule has 0 bridgehead atoms. The zero-order valence-corrected chi connectivity index (χ0v) is 15.0. The Labute approximate surface area is 154 Å². The molecule has 0 saturated carbocycles. The molecule has 1 saturated heterocycles. The quantitative estimate of drug-likeness (QED) is 0.708. The lowest BCUT2D eigenvalue weighted by Crippen LogP contribution is -2.42. The Balaban J connectivity index is 1.55. The first kappa shape index (κ1) is 16.7. The molecule has 1 fully saturated rings. The molecule has 8 heteroatoms. The molecule has 0 spiro atoms. The predicted molar refractivity (Wildman–Crippen MR) is 96.7 cm³/mol. The van der Waals surface area contributed by atoms with Gasteiger partial charge in [-0.05, 0) is 19.1 Å². The lowest BCUT2D eigenvalue weighted by atomic mass is 10.1. The molecule has 7 nitrogen and oxygen atoms in total. The van der Waals surface area contributed by atoms with Crippen molar-refractivity contribution < 1.29 is 9.53 Å². The molecule has 3 aromatic rings. The monoisotopic (exact) mass is 367 g/mol. The van der Waals surface area contributed by atoms with Crippen molar-refractivity contribution >= 4 is 17.2 Å². The Morgan fingerprint density at radius 3 is 2.92 bits per heavy atom. The van der Waals surface area contributed by atoms with Gasteiger partial charge in [-0.15, -0.1) is 11.3 Å². The fourth-order valence-corrected chi connectivity index (χ4v) is 3.66. The number of rotatable bonds is 3. The van der Waals surface area contributed by atoms with Gasteiger partial charge in [-0.3, -0.25) is 4.79 Å². The van der Waals surface area contributed by atoms with Crippen LogP contribution in [0.1, 0.15) is 27.2 Å². The van der Waals surface area contributed by atoms with Crippen LogP contribution in [0.5, 0.6) is 0 Å². The molecule has 132 valence electrons. The molecule has 3 aromatic heterocycles. The first-order valence-corrected chi connectivity index (χ1v) is 9.13. The lowest BCUT2D eigenvalue weighted by Gasteiger charge is -2.32. The smallest absolute Gasteiger partial charge is 0.266 e. The second kappa shape index (κ2) is 7.27. The Morgan fingerprint density at radius 1 is 1.31 bits per heavy atom. The third-order valence-electron chi connectivity index (χ3n) is 4.25. The molecule has 0 aliphatic carbocycles. The van der Waals surface area contributed by atoms with E-state index in [9.17, 15) is 4.79 Å². The summed E-state index contributed by atoms with van der Waals surface area (Å²) in [6, 6.07) is 5.76. The van der Waals surface area contributed by atoms with Gasteiger partial charge in [0.25, 0.3) is 5.91 Å². The van der Waals surface area contributed by atoms with Crippen LogP contribution in [0.4, 0.5) is 0 Å². The summed E-state index contributed by atoms with van der Waals surface area (Å²) in [6.07, 6.45) is 4.68. The molecule has 1 aliphatic heterocycles. The predicted octanol–water partition coefficient (Wildman–Crippen LogP) is 2.52. The average molecular weight is 367 g/mol. The van der Waals surface area contributed by atoms with E-state index in [1.54, 1.807) is 17.9 Å². The Bertz CT molecular complexity index is 915. The molecule has 4 heterocycles. The number of hydrogen-bond donors (Lipinski definition) is 0. The topological polar surface area (TPSA) is 81.1 Å². The van der Waals surface area contributed by atoms with Gasteiger partial charge in [0.15, 0.2) is 0 Å². The van der Waals surface area contributed by atoms with Gasteiger partial charge in [-0.25, -0.2) is 19.9 Å². The van der Waals surface area contributed by atoms with E-state index >= 15 is 0 Å². The van der Waals surface area contributed by atoms with Crippen molar-refractivity contribution in [2.75, 3.05) is 19.7 Å². The van der Waals surface area contributed by atoms with Gasteiger partial charge in [0.2, 0.25) is 0 Å². The van der Waals surface area contributed by atoms with E-state index in [2.05, 4.69) is 19.9 Å². The number of hydrogen-bond acceptors (Lipinski definition) is 7. The number of pyridine rings is 1. The maximum absolute atomic E-state index is 12.8. The minimum absolute atomic E-state index is 0.00548. The summed E-state index contributed by atoms with van der Waals surface area (Å²) >= 11 is 1.38. The van der Waals surface area contributed by atoms with Crippen molar-refractivity contribution in [2.45, 2.75) is 13.0 Å². The van der Waals surface area contributed by atoms with E-state index in [0.29, 0.717) is 24.6 Å². The van der Waals surface area contributed by atoms with Crippen LogP contribution in [0.15, 0.2) is 42.4 Å². The normalized spacial score (nSPS) is 17.3. The molecule has 4 rings (SSSR count). The van der Waals surface area contributed by atoms with E-state index in [1.165, 1.54) is 17.7 Å². The minimum Gasteiger partial charge on any atom is -0.368 e. The standard InChI is InChI=1S/C18H17N5O2S/c1-12-17(26-11-21-12)18(24)23-5-6-25-16(9-23)15-4-2-3-14(22-15)13-7-19-10-20-8-13/h2-4,7-8,10-11,16H,5-6,9H2,1H3/t16-/m0/s1. The minimum atomic E-state index is -0.259. The Morgan fingerprint density at radius 2 is 2.15 bits per heavy atom. The van der Waals surface area contributed by atoms with E-state index < -0.39 is 0 Å². The summed E-state index contributed by atoms with van der Waals surface area (Å²) in [5, 5.41) is 0. The van der Waals surface area contributed by atoms with Gasteiger partial charge in [0.1, 0.15) is 17.3 Å². The van der Waals surface area contributed by atoms with Gasteiger partial charge in [-0.2, -0.15) is 0 Å². The number of morpholine rings is 1. The number of aromatic nitrogens is 4. The summed E-state index contributed by atoms with van der Waals surface area (Å²) in [4.78, 5) is 32.2. The van der Waals surface area contributed by atoms with Crippen LogP contribution in [0.2, 0.25) is 0 Å². The Kier molecular flexibility index (Phi) is 4.68. The fourth-order valence-electron chi connectivity index (χ4n) is 2.89. The zero-order chi connectivity index (χ0) is 17.9. The van der Waals surface area contributed by atoms with Gasteiger partial charge in [0.05, 0.1) is 35.7 Å². The van der Waals surface area contributed by atoms with Crippen molar-refractivity contribution in [1.82, 2.24) is 24.8 Å². The molecule has 1 amide bonds. The first-order chi connectivity index (χ1) is 12.7. The molecular weight excluding hydrogens is 350 g/mol. The summed E-state index contributed by atoms with van der Waals surface area (Å²) in [7, 11) is 0. The van der Waals surface area contributed by atoms with Crippen LogP contribution in [0.25, 0.3) is 11.3 Å². The van der Waals surface area contributed by atoms with Crippen LogP contribution >= 0.6 is 11.3 Å². The molecule has 0 radical (unpaired) electrons. The van der Waals surface area contributed by atoms with Crippen LogP contribution in [0, 0.1) is 6.92 Å². The summed E-state index contributed by atoms with van der Waals surface area (Å²) in [5.74, 6) is 0.00548. The average Bonchev–Trinajstić information content (AvgIpc) is 3.14. The molecule has 26 heavy (non-hydrogen) atoms. The molecule has 0 N–H and O–H groups in total. The highest BCUT2D eigenvalue weighted by Gasteiger charge is 2.28. The van der Waals surface area contributed by atoms with E-state index in [1.807, 2.05) is 30.0 Å². The maximum atomic E-state index is 12.8. The van der Waals surface area contributed by atoms with Gasteiger partial charge in [-0.1, -0.05) is 6.07 Å². The molecular formula is C18H17N5O2S. The van der Waals surface area contributed by atoms with Crippen molar-refractivity contribution in [3.05, 3.63) is 58.7 Å². The van der Waals surface area contributed by atoms with E-state index in [0.717, 1.165) is 22.6 Å². The fraction of sp³-hybridized carbons (Fsp3) is 0.278. The van der Waals surface area contributed by atoms with Crippen LogP contribution in [-0.2, 0) is 4.74 Å². The SMILES string of the molecule is Cc1ncsc1C(=O)N1CCO[C@H](c2cccc(-c3cncnc3)n2)C1. The number of carbonyl (C=O) groups excluding carboxylic acids is 1. The third kappa shape index (κ3) is 3.33. The second-order valence-corrected chi connectivity index (χ2v) is 6.81.